The lowest BCUT2D eigenvalue weighted by Gasteiger charge is -2.28. The SMILES string of the molecule is C[C@@H]1CN(c2cnc(CC3CCN(C)CC3)cn2)C(=O)O1. The third-order valence-corrected chi connectivity index (χ3v) is 4.27. The molecule has 2 aliphatic heterocycles. The Morgan fingerprint density at radius 1 is 1.29 bits per heavy atom. The molecule has 2 aliphatic rings. The van der Waals surface area contributed by atoms with E-state index in [2.05, 4.69) is 21.9 Å². The van der Waals surface area contributed by atoms with Crippen LogP contribution in [-0.2, 0) is 11.2 Å². The Bertz CT molecular complexity index is 497. The Kier molecular flexibility index (Phi) is 4.05. The number of ether oxygens (including phenoxy) is 1. The molecule has 1 atom stereocenters. The number of piperidine rings is 1. The van der Waals surface area contributed by atoms with Gasteiger partial charge in [-0.05, 0) is 52.2 Å². The summed E-state index contributed by atoms with van der Waals surface area (Å²) in [5.41, 5.74) is 1.01. The minimum Gasteiger partial charge on any atom is -0.444 e. The molecule has 2 saturated heterocycles. The van der Waals surface area contributed by atoms with Gasteiger partial charge >= 0.3 is 6.09 Å². The molecule has 21 heavy (non-hydrogen) atoms. The van der Waals surface area contributed by atoms with Crippen LogP contribution in [0.2, 0.25) is 0 Å². The van der Waals surface area contributed by atoms with Crippen molar-refractivity contribution in [3.8, 4) is 0 Å². The van der Waals surface area contributed by atoms with Crippen molar-refractivity contribution in [2.45, 2.75) is 32.3 Å². The number of aromatic nitrogens is 2. The Labute approximate surface area is 125 Å². The molecule has 1 aromatic rings. The topological polar surface area (TPSA) is 58.6 Å². The van der Waals surface area contributed by atoms with Gasteiger partial charge in [-0.3, -0.25) is 9.88 Å². The number of likely N-dealkylation sites (tertiary alicyclic amines) is 1. The zero-order valence-corrected chi connectivity index (χ0v) is 12.7. The maximum Gasteiger partial charge on any atom is 0.415 e. The molecule has 0 spiro atoms. The summed E-state index contributed by atoms with van der Waals surface area (Å²) < 4.78 is 5.10. The largest absolute Gasteiger partial charge is 0.444 e. The summed E-state index contributed by atoms with van der Waals surface area (Å²) in [7, 11) is 2.17. The number of carbonyl (C=O) groups excluding carboxylic acids is 1. The molecule has 2 fully saturated rings. The van der Waals surface area contributed by atoms with Gasteiger partial charge in [-0.1, -0.05) is 0 Å². The van der Waals surface area contributed by atoms with Gasteiger partial charge in [-0.2, -0.15) is 0 Å². The van der Waals surface area contributed by atoms with E-state index in [1.807, 2.05) is 6.92 Å². The van der Waals surface area contributed by atoms with Crippen LogP contribution in [0.25, 0.3) is 0 Å². The first-order valence-electron chi connectivity index (χ1n) is 7.59. The molecule has 1 amide bonds. The molecule has 1 aromatic heterocycles. The number of nitrogens with zero attached hydrogens (tertiary/aromatic N) is 4. The normalized spacial score (nSPS) is 24.4. The summed E-state index contributed by atoms with van der Waals surface area (Å²) in [5.74, 6) is 1.27. The van der Waals surface area contributed by atoms with Gasteiger partial charge in [-0.15, -0.1) is 0 Å². The molecule has 0 N–H and O–H groups in total. The van der Waals surface area contributed by atoms with Crippen molar-refractivity contribution in [1.29, 1.82) is 0 Å². The second kappa shape index (κ2) is 5.97. The van der Waals surface area contributed by atoms with E-state index in [1.54, 1.807) is 12.4 Å². The molecule has 0 aromatic carbocycles. The first-order chi connectivity index (χ1) is 10.1. The molecule has 0 aliphatic carbocycles. The number of rotatable bonds is 3. The van der Waals surface area contributed by atoms with Gasteiger partial charge in [0.25, 0.3) is 0 Å². The van der Waals surface area contributed by atoms with Crippen molar-refractivity contribution in [3.05, 3.63) is 18.1 Å². The summed E-state index contributed by atoms with van der Waals surface area (Å²) in [6, 6.07) is 0. The Balaban J connectivity index is 1.60. The number of anilines is 1. The maximum atomic E-state index is 11.6. The van der Waals surface area contributed by atoms with Crippen LogP contribution in [0.5, 0.6) is 0 Å². The second-order valence-electron chi connectivity index (χ2n) is 6.12. The van der Waals surface area contributed by atoms with E-state index in [9.17, 15) is 4.79 Å². The van der Waals surface area contributed by atoms with Gasteiger partial charge in [0.2, 0.25) is 0 Å². The predicted octanol–water partition coefficient (Wildman–Crippen LogP) is 1.71. The number of hydrogen-bond acceptors (Lipinski definition) is 5. The molecule has 6 nitrogen and oxygen atoms in total. The van der Waals surface area contributed by atoms with Crippen LogP contribution in [-0.4, -0.2) is 53.7 Å². The number of carbonyl (C=O) groups is 1. The summed E-state index contributed by atoms with van der Waals surface area (Å²) in [4.78, 5) is 24.4. The summed E-state index contributed by atoms with van der Waals surface area (Å²) in [6.45, 7) is 4.74. The molecule has 114 valence electrons. The van der Waals surface area contributed by atoms with Gasteiger partial charge in [0.05, 0.1) is 24.6 Å². The van der Waals surface area contributed by atoms with Crippen molar-refractivity contribution in [1.82, 2.24) is 14.9 Å². The molecule has 0 saturated carbocycles. The highest BCUT2D eigenvalue weighted by Crippen LogP contribution is 2.22. The fraction of sp³-hybridized carbons (Fsp3) is 0.667. The van der Waals surface area contributed by atoms with E-state index in [1.165, 1.54) is 17.7 Å². The molecule has 0 unspecified atom stereocenters. The van der Waals surface area contributed by atoms with Crippen LogP contribution in [0.3, 0.4) is 0 Å². The van der Waals surface area contributed by atoms with E-state index >= 15 is 0 Å². The lowest BCUT2D eigenvalue weighted by Crippen LogP contribution is -2.31. The first-order valence-corrected chi connectivity index (χ1v) is 7.59. The van der Waals surface area contributed by atoms with Crippen LogP contribution in [0.15, 0.2) is 12.4 Å². The van der Waals surface area contributed by atoms with E-state index in [0.717, 1.165) is 25.2 Å². The second-order valence-corrected chi connectivity index (χ2v) is 6.12. The molecular weight excluding hydrogens is 268 g/mol. The van der Waals surface area contributed by atoms with Crippen LogP contribution < -0.4 is 4.90 Å². The van der Waals surface area contributed by atoms with Crippen molar-refractivity contribution < 1.29 is 9.53 Å². The zero-order valence-electron chi connectivity index (χ0n) is 12.7. The average Bonchev–Trinajstić information content (AvgIpc) is 2.81. The quantitative estimate of drug-likeness (QED) is 0.848. The van der Waals surface area contributed by atoms with Crippen molar-refractivity contribution in [3.63, 3.8) is 0 Å². The first kappa shape index (κ1) is 14.3. The zero-order chi connectivity index (χ0) is 14.8. The minimum absolute atomic E-state index is 0.0850. The lowest BCUT2D eigenvalue weighted by molar-refractivity contribution is 0.150. The molecule has 6 heteroatoms. The van der Waals surface area contributed by atoms with Crippen LogP contribution in [0, 0.1) is 5.92 Å². The van der Waals surface area contributed by atoms with Gasteiger partial charge < -0.3 is 9.64 Å². The smallest absolute Gasteiger partial charge is 0.415 e. The fourth-order valence-electron chi connectivity index (χ4n) is 2.95. The van der Waals surface area contributed by atoms with Crippen molar-refractivity contribution in [2.75, 3.05) is 31.6 Å². The standard InChI is InChI=1S/C15H22N4O2/c1-11-10-19(15(20)21-11)14-9-16-13(8-17-14)7-12-3-5-18(2)6-4-12/h8-9,11-12H,3-7,10H2,1-2H3/t11-/m1/s1. The third kappa shape index (κ3) is 3.32. The number of hydrogen-bond donors (Lipinski definition) is 0. The Morgan fingerprint density at radius 3 is 2.62 bits per heavy atom. The average molecular weight is 290 g/mol. The van der Waals surface area contributed by atoms with Crippen LogP contribution in [0.1, 0.15) is 25.5 Å². The van der Waals surface area contributed by atoms with Crippen molar-refractivity contribution >= 4 is 11.9 Å². The highest BCUT2D eigenvalue weighted by Gasteiger charge is 2.30. The van der Waals surface area contributed by atoms with E-state index in [0.29, 0.717) is 18.3 Å². The van der Waals surface area contributed by atoms with Crippen LogP contribution >= 0.6 is 0 Å². The van der Waals surface area contributed by atoms with E-state index in [4.69, 9.17) is 4.74 Å². The number of cyclic esters (lactones) is 1. The molecule has 0 radical (unpaired) electrons. The van der Waals surface area contributed by atoms with E-state index in [-0.39, 0.29) is 12.2 Å². The molecule has 0 bridgehead atoms. The summed E-state index contributed by atoms with van der Waals surface area (Å²) >= 11 is 0. The lowest BCUT2D eigenvalue weighted by atomic mass is 9.92. The van der Waals surface area contributed by atoms with E-state index < -0.39 is 0 Å². The molecular formula is C15H22N4O2. The molecule has 3 rings (SSSR count). The van der Waals surface area contributed by atoms with Gasteiger partial charge in [-0.25, -0.2) is 9.78 Å². The Morgan fingerprint density at radius 2 is 2.05 bits per heavy atom. The van der Waals surface area contributed by atoms with Gasteiger partial charge in [0.15, 0.2) is 5.82 Å². The van der Waals surface area contributed by atoms with Gasteiger partial charge in [0, 0.05) is 0 Å². The highest BCUT2D eigenvalue weighted by molar-refractivity contribution is 5.88. The highest BCUT2D eigenvalue weighted by atomic mass is 16.6. The van der Waals surface area contributed by atoms with Crippen molar-refractivity contribution in [2.24, 2.45) is 5.92 Å². The fourth-order valence-corrected chi connectivity index (χ4v) is 2.95. The predicted molar refractivity (Wildman–Crippen MR) is 79.2 cm³/mol. The monoisotopic (exact) mass is 290 g/mol. The third-order valence-electron chi connectivity index (χ3n) is 4.27. The summed E-state index contributed by atoms with van der Waals surface area (Å²) in [6.07, 6.45) is 6.47. The number of amides is 1. The molecule has 3 heterocycles. The van der Waals surface area contributed by atoms with Gasteiger partial charge in [0.1, 0.15) is 6.10 Å². The van der Waals surface area contributed by atoms with Crippen LogP contribution in [0.4, 0.5) is 10.6 Å². The maximum absolute atomic E-state index is 11.6. The minimum atomic E-state index is -0.333. The summed E-state index contributed by atoms with van der Waals surface area (Å²) in [5, 5.41) is 0. The Hall–Kier alpha value is -1.69.